The zero-order valence-electron chi connectivity index (χ0n) is 9.86. The summed E-state index contributed by atoms with van der Waals surface area (Å²) in [6.45, 7) is 0.615. The zero-order valence-corrected chi connectivity index (χ0v) is 11.4. The molecule has 0 bridgehead atoms. The number of nitrogens with zero attached hydrogens (tertiary/aromatic N) is 2. The molecule has 1 aliphatic rings. The minimum atomic E-state index is -0.0439. The SMILES string of the molecule is CN1CC(CCl)n2c(c(Cl)c3ccccc32)C1=O. The van der Waals surface area contributed by atoms with Gasteiger partial charge in [-0.1, -0.05) is 29.8 Å². The van der Waals surface area contributed by atoms with E-state index in [0.29, 0.717) is 23.1 Å². The van der Waals surface area contributed by atoms with Crippen LogP contribution in [0.25, 0.3) is 10.9 Å². The summed E-state index contributed by atoms with van der Waals surface area (Å²) >= 11 is 12.4. The van der Waals surface area contributed by atoms with Gasteiger partial charge in [-0.3, -0.25) is 4.79 Å². The molecule has 2 aromatic rings. The van der Waals surface area contributed by atoms with Gasteiger partial charge in [0.1, 0.15) is 5.69 Å². The van der Waals surface area contributed by atoms with Crippen molar-refractivity contribution in [2.24, 2.45) is 0 Å². The number of hydrogen-bond donors (Lipinski definition) is 0. The molecule has 5 heteroatoms. The fourth-order valence-electron chi connectivity index (χ4n) is 2.58. The quantitative estimate of drug-likeness (QED) is 0.738. The lowest BCUT2D eigenvalue weighted by atomic mass is 10.2. The second kappa shape index (κ2) is 4.18. The van der Waals surface area contributed by atoms with Crippen molar-refractivity contribution in [1.29, 1.82) is 0 Å². The van der Waals surface area contributed by atoms with Gasteiger partial charge in [0.05, 0.1) is 16.6 Å². The van der Waals surface area contributed by atoms with Crippen LogP contribution in [-0.2, 0) is 0 Å². The van der Waals surface area contributed by atoms with E-state index in [4.69, 9.17) is 23.2 Å². The minimum Gasteiger partial charge on any atom is -0.338 e. The van der Waals surface area contributed by atoms with Crippen molar-refractivity contribution < 1.29 is 4.79 Å². The summed E-state index contributed by atoms with van der Waals surface area (Å²) in [5.41, 5.74) is 1.53. The molecule has 1 unspecified atom stereocenters. The van der Waals surface area contributed by atoms with Crippen LogP contribution in [0, 0.1) is 0 Å². The van der Waals surface area contributed by atoms with E-state index >= 15 is 0 Å². The van der Waals surface area contributed by atoms with Gasteiger partial charge >= 0.3 is 0 Å². The molecule has 2 heterocycles. The van der Waals surface area contributed by atoms with Crippen molar-refractivity contribution in [3.05, 3.63) is 35.0 Å². The van der Waals surface area contributed by atoms with Gasteiger partial charge in [-0.05, 0) is 6.07 Å². The number of aromatic nitrogens is 1. The van der Waals surface area contributed by atoms with Gasteiger partial charge in [0.2, 0.25) is 0 Å². The van der Waals surface area contributed by atoms with Gasteiger partial charge in [0.25, 0.3) is 5.91 Å². The lowest BCUT2D eigenvalue weighted by Crippen LogP contribution is -2.41. The van der Waals surface area contributed by atoms with E-state index in [0.717, 1.165) is 10.9 Å². The van der Waals surface area contributed by atoms with Gasteiger partial charge in [-0.15, -0.1) is 11.6 Å². The van der Waals surface area contributed by atoms with Crippen molar-refractivity contribution >= 4 is 40.0 Å². The number of hydrogen-bond acceptors (Lipinski definition) is 1. The molecule has 3 rings (SSSR count). The first-order valence-corrected chi connectivity index (χ1v) is 6.66. The highest BCUT2D eigenvalue weighted by Gasteiger charge is 2.33. The standard InChI is InChI=1S/C13H12Cl2N2O/c1-16-7-8(6-14)17-10-5-3-2-4-9(10)11(15)12(17)13(16)18/h2-5,8H,6-7H2,1H3. The summed E-state index contributed by atoms with van der Waals surface area (Å²) < 4.78 is 1.98. The predicted octanol–water partition coefficient (Wildman–Crippen LogP) is 3.16. The van der Waals surface area contributed by atoms with E-state index < -0.39 is 0 Å². The molecular formula is C13H12Cl2N2O. The lowest BCUT2D eigenvalue weighted by molar-refractivity contribution is 0.0729. The molecule has 1 aromatic heterocycles. The molecule has 1 aliphatic heterocycles. The molecule has 1 atom stereocenters. The van der Waals surface area contributed by atoms with Gasteiger partial charge in [-0.2, -0.15) is 0 Å². The van der Waals surface area contributed by atoms with E-state index in [9.17, 15) is 4.79 Å². The first-order valence-electron chi connectivity index (χ1n) is 5.75. The molecular weight excluding hydrogens is 271 g/mol. The molecule has 94 valence electrons. The van der Waals surface area contributed by atoms with Crippen LogP contribution in [0.4, 0.5) is 0 Å². The number of halogens is 2. The number of benzene rings is 1. The summed E-state index contributed by atoms with van der Waals surface area (Å²) in [6, 6.07) is 7.84. The Bertz CT molecular complexity index is 635. The van der Waals surface area contributed by atoms with Crippen molar-refractivity contribution in [2.75, 3.05) is 19.5 Å². The first kappa shape index (κ1) is 11.9. The summed E-state index contributed by atoms with van der Waals surface area (Å²) in [7, 11) is 1.78. The molecule has 3 nitrogen and oxygen atoms in total. The van der Waals surface area contributed by atoms with E-state index in [1.165, 1.54) is 0 Å². The van der Waals surface area contributed by atoms with E-state index in [-0.39, 0.29) is 11.9 Å². The molecule has 0 spiro atoms. The smallest absolute Gasteiger partial charge is 0.271 e. The molecule has 0 radical (unpaired) electrons. The third-order valence-electron chi connectivity index (χ3n) is 3.43. The highest BCUT2D eigenvalue weighted by Crippen LogP contribution is 2.36. The number of carbonyl (C=O) groups excluding carboxylic acids is 1. The molecule has 0 saturated carbocycles. The van der Waals surface area contributed by atoms with Crippen molar-refractivity contribution in [2.45, 2.75) is 6.04 Å². The van der Waals surface area contributed by atoms with Crippen LogP contribution in [0.15, 0.2) is 24.3 Å². The number of amides is 1. The zero-order chi connectivity index (χ0) is 12.9. The summed E-state index contributed by atoms with van der Waals surface area (Å²) in [5, 5.41) is 1.44. The second-order valence-corrected chi connectivity index (χ2v) is 5.23. The third-order valence-corrected chi connectivity index (χ3v) is 4.16. The lowest BCUT2D eigenvalue weighted by Gasteiger charge is -2.31. The van der Waals surface area contributed by atoms with Crippen LogP contribution in [0.1, 0.15) is 16.5 Å². The Kier molecular flexibility index (Phi) is 2.76. The molecule has 0 saturated heterocycles. The average Bonchev–Trinajstić information content (AvgIpc) is 2.69. The van der Waals surface area contributed by atoms with Crippen molar-refractivity contribution in [3.63, 3.8) is 0 Å². The Labute approximate surface area is 115 Å². The number of fused-ring (bicyclic) bond motifs is 3. The first-order chi connectivity index (χ1) is 8.65. The normalized spacial score (nSPS) is 19.4. The van der Waals surface area contributed by atoms with Gasteiger partial charge in [0, 0.05) is 24.9 Å². The highest BCUT2D eigenvalue weighted by molar-refractivity contribution is 6.39. The number of likely N-dealkylation sites (N-methyl/N-ethyl adjacent to an activating group) is 1. The third kappa shape index (κ3) is 1.47. The monoisotopic (exact) mass is 282 g/mol. The maximum atomic E-state index is 12.2. The summed E-state index contributed by atoms with van der Waals surface area (Å²) in [5.74, 6) is 0.414. The predicted molar refractivity (Wildman–Crippen MR) is 73.7 cm³/mol. The highest BCUT2D eigenvalue weighted by atomic mass is 35.5. The number of para-hydroxylation sites is 1. The molecule has 18 heavy (non-hydrogen) atoms. The maximum Gasteiger partial charge on any atom is 0.271 e. The van der Waals surface area contributed by atoms with Crippen LogP contribution in [0.2, 0.25) is 5.02 Å². The van der Waals surface area contributed by atoms with Crippen molar-refractivity contribution in [1.82, 2.24) is 9.47 Å². The topological polar surface area (TPSA) is 25.2 Å². The second-order valence-electron chi connectivity index (χ2n) is 4.54. The maximum absolute atomic E-state index is 12.2. The summed E-state index contributed by atoms with van der Waals surface area (Å²) in [4.78, 5) is 13.9. The van der Waals surface area contributed by atoms with Crippen LogP contribution in [0.3, 0.4) is 0 Å². The Morgan fingerprint density at radius 3 is 2.83 bits per heavy atom. The van der Waals surface area contributed by atoms with E-state index in [1.807, 2.05) is 28.8 Å². The number of carbonyl (C=O) groups is 1. The van der Waals surface area contributed by atoms with Gasteiger partial charge < -0.3 is 9.47 Å². The van der Waals surface area contributed by atoms with Crippen LogP contribution < -0.4 is 0 Å². The number of alkyl halides is 1. The average molecular weight is 283 g/mol. The fourth-order valence-corrected chi connectivity index (χ4v) is 3.15. The largest absolute Gasteiger partial charge is 0.338 e. The Balaban J connectivity index is 2.38. The van der Waals surface area contributed by atoms with Crippen molar-refractivity contribution in [3.8, 4) is 0 Å². The molecule has 0 fully saturated rings. The molecule has 0 N–H and O–H groups in total. The Morgan fingerprint density at radius 2 is 2.11 bits per heavy atom. The Hall–Kier alpha value is -1.19. The molecule has 1 amide bonds. The van der Waals surface area contributed by atoms with Crippen LogP contribution in [-0.4, -0.2) is 34.8 Å². The van der Waals surface area contributed by atoms with E-state index in [2.05, 4.69) is 0 Å². The van der Waals surface area contributed by atoms with Crippen LogP contribution in [0.5, 0.6) is 0 Å². The minimum absolute atomic E-state index is 0.0439. The van der Waals surface area contributed by atoms with Gasteiger partial charge in [0.15, 0.2) is 0 Å². The fraction of sp³-hybridized carbons (Fsp3) is 0.308. The van der Waals surface area contributed by atoms with Crippen LogP contribution >= 0.6 is 23.2 Å². The van der Waals surface area contributed by atoms with Gasteiger partial charge in [-0.25, -0.2) is 0 Å². The number of rotatable bonds is 1. The summed E-state index contributed by atoms with van der Waals surface area (Å²) in [6.07, 6.45) is 0. The van der Waals surface area contributed by atoms with E-state index in [1.54, 1.807) is 11.9 Å². The Morgan fingerprint density at radius 1 is 1.39 bits per heavy atom. The molecule has 1 aromatic carbocycles. The molecule has 0 aliphatic carbocycles.